The van der Waals surface area contributed by atoms with Gasteiger partial charge >= 0.3 is 0 Å². The molecule has 142 valence electrons. The van der Waals surface area contributed by atoms with Crippen molar-refractivity contribution in [1.29, 1.82) is 0 Å². The van der Waals surface area contributed by atoms with E-state index in [0.717, 1.165) is 59.4 Å². The zero-order valence-electron chi connectivity index (χ0n) is 15.4. The molecule has 0 saturated carbocycles. The van der Waals surface area contributed by atoms with Crippen molar-refractivity contribution >= 4 is 27.6 Å². The number of nitrogens with zero attached hydrogens (tertiary/aromatic N) is 3. The molecule has 0 bridgehead atoms. The fraction of sp³-hybridized carbons (Fsp3) is 0.333. The first-order chi connectivity index (χ1) is 13.8. The molecular formula is C21H21N5O2. The average Bonchev–Trinajstić information content (AvgIpc) is 3.46. The van der Waals surface area contributed by atoms with E-state index in [4.69, 9.17) is 14.5 Å². The van der Waals surface area contributed by atoms with Crippen molar-refractivity contribution < 1.29 is 9.47 Å². The van der Waals surface area contributed by atoms with Crippen molar-refractivity contribution in [3.8, 4) is 11.5 Å². The molecule has 4 heterocycles. The smallest absolute Gasteiger partial charge is 0.171 e. The lowest BCUT2D eigenvalue weighted by Crippen LogP contribution is -2.45. The van der Waals surface area contributed by atoms with Crippen LogP contribution < -0.4 is 4.90 Å². The van der Waals surface area contributed by atoms with Gasteiger partial charge in [0.15, 0.2) is 11.6 Å². The maximum absolute atomic E-state index is 5.84. The van der Waals surface area contributed by atoms with Crippen molar-refractivity contribution in [2.24, 2.45) is 0 Å². The Hall–Kier alpha value is -2.90. The standard InChI is InChI=1S/C21H21N5O2/c1-2-4-16-15(3-1)19(25-24-16)20-22-17-6-5-14(13-18(17)23-20)26-9-7-21(8-10-26)27-11-12-28-21/h1-6,13H,7-12H2,(H,22,23)(H,24,25). The number of hydrogen-bond donors (Lipinski definition) is 2. The van der Waals surface area contributed by atoms with Gasteiger partial charge in [-0.1, -0.05) is 18.2 Å². The minimum absolute atomic E-state index is 0.344. The van der Waals surface area contributed by atoms with Crippen LogP contribution in [-0.4, -0.2) is 52.3 Å². The average molecular weight is 375 g/mol. The number of nitrogens with one attached hydrogen (secondary N) is 2. The molecule has 6 rings (SSSR count). The summed E-state index contributed by atoms with van der Waals surface area (Å²) in [6, 6.07) is 14.5. The van der Waals surface area contributed by atoms with Crippen molar-refractivity contribution in [3.63, 3.8) is 0 Å². The van der Waals surface area contributed by atoms with Crippen LogP contribution in [0.3, 0.4) is 0 Å². The number of piperidine rings is 1. The highest BCUT2D eigenvalue weighted by molar-refractivity contribution is 5.93. The number of fused-ring (bicyclic) bond motifs is 2. The summed E-state index contributed by atoms with van der Waals surface area (Å²) in [5, 5.41) is 8.60. The second-order valence-corrected chi connectivity index (χ2v) is 7.50. The van der Waals surface area contributed by atoms with Crippen LogP contribution in [0.15, 0.2) is 42.5 Å². The van der Waals surface area contributed by atoms with Gasteiger partial charge in [-0.15, -0.1) is 0 Å². The predicted molar refractivity (Wildman–Crippen MR) is 107 cm³/mol. The lowest BCUT2D eigenvalue weighted by molar-refractivity contribution is -0.169. The molecule has 7 heteroatoms. The van der Waals surface area contributed by atoms with E-state index in [1.807, 2.05) is 18.2 Å². The Bertz CT molecular complexity index is 1150. The summed E-state index contributed by atoms with van der Waals surface area (Å²) in [4.78, 5) is 10.6. The van der Waals surface area contributed by atoms with Crippen molar-refractivity contribution in [2.75, 3.05) is 31.2 Å². The molecule has 0 radical (unpaired) electrons. The van der Waals surface area contributed by atoms with E-state index in [1.165, 1.54) is 5.69 Å². The summed E-state index contributed by atoms with van der Waals surface area (Å²) in [6.45, 7) is 3.28. The number of para-hydroxylation sites is 1. The van der Waals surface area contributed by atoms with Crippen LogP contribution in [0.1, 0.15) is 12.8 Å². The molecule has 2 fully saturated rings. The van der Waals surface area contributed by atoms with E-state index in [2.05, 4.69) is 44.3 Å². The van der Waals surface area contributed by atoms with Crippen LogP contribution in [0.2, 0.25) is 0 Å². The Morgan fingerprint density at radius 1 is 0.964 bits per heavy atom. The van der Waals surface area contributed by atoms with Crippen LogP contribution in [0.4, 0.5) is 5.69 Å². The van der Waals surface area contributed by atoms with Gasteiger partial charge in [0.05, 0.1) is 29.8 Å². The summed E-state index contributed by atoms with van der Waals surface area (Å²) >= 11 is 0. The Labute approximate surface area is 161 Å². The molecule has 2 saturated heterocycles. The number of rotatable bonds is 2. The van der Waals surface area contributed by atoms with Crippen molar-refractivity contribution in [3.05, 3.63) is 42.5 Å². The Balaban J connectivity index is 1.30. The Morgan fingerprint density at radius 3 is 2.64 bits per heavy atom. The van der Waals surface area contributed by atoms with E-state index in [9.17, 15) is 0 Å². The van der Waals surface area contributed by atoms with Gasteiger partial charge in [-0.25, -0.2) is 4.98 Å². The first kappa shape index (κ1) is 16.1. The molecule has 0 aliphatic carbocycles. The summed E-state index contributed by atoms with van der Waals surface area (Å²) < 4.78 is 11.7. The summed E-state index contributed by atoms with van der Waals surface area (Å²) in [5.74, 6) is 0.443. The van der Waals surface area contributed by atoms with Gasteiger partial charge in [0, 0.05) is 37.0 Å². The van der Waals surface area contributed by atoms with Gasteiger partial charge in [-0.2, -0.15) is 5.10 Å². The third kappa shape index (κ3) is 2.51. The molecule has 0 unspecified atom stereocenters. The molecule has 0 amide bonds. The quantitative estimate of drug-likeness (QED) is 0.561. The second kappa shape index (κ2) is 6.05. The van der Waals surface area contributed by atoms with E-state index in [0.29, 0.717) is 13.2 Å². The van der Waals surface area contributed by atoms with Crippen LogP contribution in [0.5, 0.6) is 0 Å². The number of hydrogen-bond acceptors (Lipinski definition) is 5. The highest BCUT2D eigenvalue weighted by Crippen LogP contribution is 2.34. The highest BCUT2D eigenvalue weighted by Gasteiger charge is 2.39. The topological polar surface area (TPSA) is 79.1 Å². The van der Waals surface area contributed by atoms with E-state index in [1.54, 1.807) is 0 Å². The second-order valence-electron chi connectivity index (χ2n) is 7.50. The van der Waals surface area contributed by atoms with E-state index < -0.39 is 0 Å². The largest absolute Gasteiger partial charge is 0.371 e. The van der Waals surface area contributed by atoms with Crippen molar-refractivity contribution in [2.45, 2.75) is 18.6 Å². The minimum Gasteiger partial charge on any atom is -0.371 e. The molecule has 28 heavy (non-hydrogen) atoms. The third-order valence-corrected chi connectivity index (χ3v) is 5.86. The SMILES string of the molecule is c1ccc2c(-c3nc4ccc(N5CCC6(CC5)OCCO6)cc4[nH]3)n[nH]c2c1. The molecule has 4 aromatic rings. The zero-order chi connectivity index (χ0) is 18.6. The fourth-order valence-electron chi connectivity index (χ4n) is 4.34. The third-order valence-electron chi connectivity index (χ3n) is 5.86. The number of anilines is 1. The first-order valence-corrected chi connectivity index (χ1v) is 9.76. The number of benzene rings is 2. The van der Waals surface area contributed by atoms with Crippen molar-refractivity contribution in [1.82, 2.24) is 20.2 Å². The van der Waals surface area contributed by atoms with Gasteiger partial charge in [0.25, 0.3) is 0 Å². The monoisotopic (exact) mass is 375 g/mol. The number of aromatic amines is 2. The maximum atomic E-state index is 5.84. The van der Waals surface area contributed by atoms with Crippen LogP contribution in [-0.2, 0) is 9.47 Å². The number of aromatic nitrogens is 4. The molecule has 2 aliphatic heterocycles. The molecule has 2 aromatic heterocycles. The summed E-state index contributed by atoms with van der Waals surface area (Å²) in [7, 11) is 0. The molecular weight excluding hydrogens is 354 g/mol. The molecule has 1 spiro atoms. The van der Waals surface area contributed by atoms with Crippen LogP contribution in [0, 0.1) is 0 Å². The zero-order valence-corrected chi connectivity index (χ0v) is 15.4. The highest BCUT2D eigenvalue weighted by atomic mass is 16.7. The van der Waals surface area contributed by atoms with Gasteiger partial charge in [-0.05, 0) is 24.3 Å². The number of H-pyrrole nitrogens is 2. The first-order valence-electron chi connectivity index (χ1n) is 9.76. The maximum Gasteiger partial charge on any atom is 0.171 e. The van der Waals surface area contributed by atoms with Gasteiger partial charge in [0.1, 0.15) is 5.69 Å². The molecule has 2 N–H and O–H groups in total. The number of ether oxygens (including phenoxy) is 2. The fourth-order valence-corrected chi connectivity index (χ4v) is 4.34. The lowest BCUT2D eigenvalue weighted by Gasteiger charge is -2.38. The van der Waals surface area contributed by atoms with Gasteiger partial charge < -0.3 is 19.4 Å². The summed E-state index contributed by atoms with van der Waals surface area (Å²) in [6.07, 6.45) is 1.80. The summed E-state index contributed by atoms with van der Waals surface area (Å²) in [5.41, 5.74) is 5.03. The van der Waals surface area contributed by atoms with Crippen LogP contribution in [0.25, 0.3) is 33.5 Å². The number of imidazole rings is 1. The van der Waals surface area contributed by atoms with Crippen LogP contribution >= 0.6 is 0 Å². The molecule has 0 atom stereocenters. The van der Waals surface area contributed by atoms with E-state index >= 15 is 0 Å². The van der Waals surface area contributed by atoms with Gasteiger partial charge in [0.2, 0.25) is 0 Å². The Morgan fingerprint density at radius 2 is 1.79 bits per heavy atom. The molecule has 2 aliphatic rings. The molecule has 7 nitrogen and oxygen atoms in total. The van der Waals surface area contributed by atoms with E-state index in [-0.39, 0.29) is 5.79 Å². The lowest BCUT2D eigenvalue weighted by atomic mass is 10.0. The Kier molecular flexibility index (Phi) is 3.48. The minimum atomic E-state index is -0.344. The normalized spacial score (nSPS) is 19.2. The molecule has 2 aromatic carbocycles. The predicted octanol–water partition coefficient (Wildman–Crippen LogP) is 3.45. The van der Waals surface area contributed by atoms with Gasteiger partial charge in [-0.3, -0.25) is 5.10 Å².